The van der Waals surface area contributed by atoms with Crippen molar-refractivity contribution in [2.45, 2.75) is 6.54 Å². The molecular formula is C17H15N3O4. The molecule has 4 rings (SSSR count). The Balaban J connectivity index is 2.18. The van der Waals surface area contributed by atoms with E-state index in [1.807, 2.05) is 6.07 Å². The first-order chi connectivity index (χ1) is 11.6. The fourth-order valence-corrected chi connectivity index (χ4v) is 3.18. The van der Waals surface area contributed by atoms with E-state index in [0.29, 0.717) is 46.0 Å². The largest absolute Gasteiger partial charge is 0.504 e. The molecule has 4 aromatic rings. The van der Waals surface area contributed by atoms with Crippen LogP contribution in [0.1, 0.15) is 5.69 Å². The number of aliphatic hydroxyl groups is 1. The Morgan fingerprint density at radius 2 is 1.92 bits per heavy atom. The minimum atomic E-state index is -0.517. The number of nitrogens with zero attached hydrogens (tertiary/aromatic N) is 1. The fourth-order valence-electron chi connectivity index (χ4n) is 3.18. The standard InChI is InChI=1S/C17H15N3O4/c21-6-5-18-8-11-14-15-10(7-13(22)17(14)24)16(23)9-3-1-2-4-12(9)20(15)19-11/h1-4,7,18-19,21-22H,5-6,8H2. The molecule has 2 heterocycles. The number of nitrogens with one attached hydrogen (secondary N) is 2. The molecule has 7 heteroatoms. The maximum absolute atomic E-state index is 12.7. The summed E-state index contributed by atoms with van der Waals surface area (Å²) in [6.07, 6.45) is 0. The van der Waals surface area contributed by atoms with Crippen molar-refractivity contribution in [3.63, 3.8) is 0 Å². The Morgan fingerprint density at radius 1 is 1.12 bits per heavy atom. The highest BCUT2D eigenvalue weighted by Crippen LogP contribution is 2.26. The zero-order chi connectivity index (χ0) is 16.8. The molecule has 0 radical (unpaired) electrons. The summed E-state index contributed by atoms with van der Waals surface area (Å²) >= 11 is 0. The minimum Gasteiger partial charge on any atom is -0.504 e. The van der Waals surface area contributed by atoms with Gasteiger partial charge in [0.2, 0.25) is 5.43 Å². The highest BCUT2D eigenvalue weighted by atomic mass is 16.3. The van der Waals surface area contributed by atoms with Gasteiger partial charge < -0.3 is 15.5 Å². The van der Waals surface area contributed by atoms with E-state index < -0.39 is 11.2 Å². The smallest absolute Gasteiger partial charge is 0.231 e. The number of aromatic amines is 1. The van der Waals surface area contributed by atoms with Crippen molar-refractivity contribution in [3.8, 4) is 5.75 Å². The highest BCUT2D eigenvalue weighted by Gasteiger charge is 2.20. The van der Waals surface area contributed by atoms with E-state index in [9.17, 15) is 14.7 Å². The van der Waals surface area contributed by atoms with Gasteiger partial charge >= 0.3 is 0 Å². The molecule has 2 aromatic heterocycles. The van der Waals surface area contributed by atoms with Gasteiger partial charge in [0, 0.05) is 18.5 Å². The van der Waals surface area contributed by atoms with Crippen LogP contribution in [-0.2, 0) is 6.54 Å². The Morgan fingerprint density at radius 3 is 2.71 bits per heavy atom. The lowest BCUT2D eigenvalue weighted by molar-refractivity contribution is 0.291. The van der Waals surface area contributed by atoms with Gasteiger partial charge in [-0.25, -0.2) is 0 Å². The van der Waals surface area contributed by atoms with Crippen molar-refractivity contribution >= 4 is 27.2 Å². The van der Waals surface area contributed by atoms with Gasteiger partial charge in [-0.15, -0.1) is 0 Å². The molecule has 0 unspecified atom stereocenters. The molecule has 0 aliphatic heterocycles. The summed E-state index contributed by atoms with van der Waals surface area (Å²) in [6, 6.07) is 8.34. The first-order valence-corrected chi connectivity index (χ1v) is 7.58. The molecule has 7 nitrogen and oxygen atoms in total. The molecule has 0 bridgehead atoms. The molecule has 0 spiro atoms. The van der Waals surface area contributed by atoms with Crippen LogP contribution in [0.15, 0.2) is 39.9 Å². The fraction of sp³-hybridized carbons (Fsp3) is 0.176. The number of rotatable bonds is 4. The maximum Gasteiger partial charge on any atom is 0.231 e. The predicted molar refractivity (Wildman–Crippen MR) is 90.9 cm³/mol. The lowest BCUT2D eigenvalue weighted by Crippen LogP contribution is -2.18. The molecule has 0 aliphatic rings. The van der Waals surface area contributed by atoms with Gasteiger partial charge in [-0.2, -0.15) is 0 Å². The van der Waals surface area contributed by atoms with Crippen LogP contribution in [0.4, 0.5) is 0 Å². The number of para-hydroxylation sites is 1. The van der Waals surface area contributed by atoms with E-state index in [1.54, 1.807) is 22.7 Å². The second kappa shape index (κ2) is 5.33. The number of hydrogen-bond donors (Lipinski definition) is 4. The number of phenolic OH excluding ortho intramolecular Hbond substituents is 1. The first-order valence-electron chi connectivity index (χ1n) is 7.58. The van der Waals surface area contributed by atoms with E-state index >= 15 is 0 Å². The van der Waals surface area contributed by atoms with Gasteiger partial charge in [-0.05, 0) is 18.2 Å². The number of H-pyrrole nitrogens is 1. The Labute approximate surface area is 135 Å². The number of fused-ring (bicyclic) bond motifs is 2. The van der Waals surface area contributed by atoms with Gasteiger partial charge in [0.1, 0.15) is 0 Å². The summed E-state index contributed by atoms with van der Waals surface area (Å²) in [5.41, 5.74) is 0.961. The van der Waals surface area contributed by atoms with Crippen LogP contribution < -0.4 is 16.2 Å². The van der Waals surface area contributed by atoms with Crippen LogP contribution in [0.2, 0.25) is 0 Å². The van der Waals surface area contributed by atoms with E-state index in [4.69, 9.17) is 5.11 Å². The monoisotopic (exact) mass is 325 g/mol. The second-order valence-electron chi connectivity index (χ2n) is 5.67. The van der Waals surface area contributed by atoms with Crippen molar-refractivity contribution in [2.75, 3.05) is 13.2 Å². The van der Waals surface area contributed by atoms with Crippen LogP contribution in [0.5, 0.6) is 5.75 Å². The zero-order valence-corrected chi connectivity index (χ0v) is 12.7. The van der Waals surface area contributed by atoms with Crippen LogP contribution in [-0.4, -0.2) is 33.0 Å². The summed E-state index contributed by atoms with van der Waals surface area (Å²) in [7, 11) is 0. The third kappa shape index (κ3) is 1.92. The average molecular weight is 325 g/mol. The van der Waals surface area contributed by atoms with Crippen LogP contribution in [0, 0.1) is 0 Å². The van der Waals surface area contributed by atoms with Crippen molar-refractivity contribution < 1.29 is 10.2 Å². The van der Waals surface area contributed by atoms with Crippen LogP contribution in [0.3, 0.4) is 0 Å². The van der Waals surface area contributed by atoms with Crippen LogP contribution in [0.25, 0.3) is 27.2 Å². The highest BCUT2D eigenvalue weighted by molar-refractivity contribution is 6.03. The Kier molecular flexibility index (Phi) is 3.26. The van der Waals surface area contributed by atoms with E-state index in [-0.39, 0.29) is 12.0 Å². The molecule has 0 atom stereocenters. The predicted octanol–water partition coefficient (Wildman–Crippen LogP) is 0.520. The number of phenols is 1. The number of aromatic hydroxyl groups is 1. The number of aliphatic hydroxyl groups excluding tert-OH is 1. The summed E-state index contributed by atoms with van der Waals surface area (Å²) in [5.74, 6) is -0.445. The topological polar surface area (TPSA) is 107 Å². The van der Waals surface area contributed by atoms with Gasteiger partial charge in [-0.1, -0.05) is 12.1 Å². The molecule has 0 amide bonds. The number of benzene rings is 2. The molecule has 122 valence electrons. The van der Waals surface area contributed by atoms with Gasteiger partial charge in [0.25, 0.3) is 0 Å². The van der Waals surface area contributed by atoms with Gasteiger partial charge in [0.05, 0.1) is 34.1 Å². The quantitative estimate of drug-likeness (QED) is 0.323. The summed E-state index contributed by atoms with van der Waals surface area (Å²) in [6.45, 7) is 0.648. The molecular weight excluding hydrogens is 310 g/mol. The van der Waals surface area contributed by atoms with E-state index in [0.717, 1.165) is 0 Å². The van der Waals surface area contributed by atoms with Crippen molar-refractivity contribution in [2.24, 2.45) is 0 Å². The van der Waals surface area contributed by atoms with Crippen molar-refractivity contribution in [1.82, 2.24) is 14.9 Å². The lowest BCUT2D eigenvalue weighted by atomic mass is 10.1. The summed E-state index contributed by atoms with van der Waals surface area (Å²) in [5, 5.41) is 26.1. The molecule has 0 saturated carbocycles. The Bertz CT molecular complexity index is 1180. The van der Waals surface area contributed by atoms with E-state index in [2.05, 4.69) is 10.4 Å². The number of hydrogen-bond acceptors (Lipinski definition) is 5. The van der Waals surface area contributed by atoms with Crippen molar-refractivity contribution in [3.05, 3.63) is 56.5 Å². The average Bonchev–Trinajstić information content (AvgIpc) is 2.97. The van der Waals surface area contributed by atoms with Gasteiger partial charge in [-0.3, -0.25) is 19.2 Å². The van der Waals surface area contributed by atoms with Crippen molar-refractivity contribution in [1.29, 1.82) is 0 Å². The molecule has 0 fully saturated rings. The molecule has 0 aliphatic carbocycles. The Hall–Kier alpha value is -2.90. The van der Waals surface area contributed by atoms with Gasteiger partial charge in [0.15, 0.2) is 11.2 Å². The molecule has 24 heavy (non-hydrogen) atoms. The summed E-state index contributed by atoms with van der Waals surface area (Å²) in [4.78, 5) is 25.2. The minimum absolute atomic E-state index is 0.0271. The normalized spacial score (nSPS) is 11.9. The number of aromatic nitrogens is 2. The SMILES string of the molecule is O=c1c2ccccc2n2[nH]c(CNCCO)c3c(=O)c(O)cc1c32. The third-order valence-corrected chi connectivity index (χ3v) is 4.23. The number of pyridine rings is 1. The lowest BCUT2D eigenvalue weighted by Gasteiger charge is -2.04. The molecule has 0 saturated heterocycles. The third-order valence-electron chi connectivity index (χ3n) is 4.23. The van der Waals surface area contributed by atoms with E-state index in [1.165, 1.54) is 6.07 Å². The maximum atomic E-state index is 12.7. The van der Waals surface area contributed by atoms with Crippen LogP contribution >= 0.6 is 0 Å². The second-order valence-corrected chi connectivity index (χ2v) is 5.67. The molecule has 2 aromatic carbocycles. The zero-order valence-electron chi connectivity index (χ0n) is 12.7. The first kappa shape index (κ1) is 14.7. The molecule has 4 N–H and O–H groups in total. The summed E-state index contributed by atoms with van der Waals surface area (Å²) < 4.78 is 1.71.